The van der Waals surface area contributed by atoms with Crippen molar-refractivity contribution in [3.63, 3.8) is 0 Å². The Hall–Kier alpha value is -6.51. The first kappa shape index (κ1) is 37.1. The summed E-state index contributed by atoms with van der Waals surface area (Å²) in [6.07, 6.45) is 0. The highest BCUT2D eigenvalue weighted by molar-refractivity contribution is 6.59. The fourth-order valence-corrected chi connectivity index (χ4v) is 9.67. The zero-order valence-corrected chi connectivity index (χ0v) is 33.7. The highest BCUT2D eigenvalue weighted by atomic mass is 19.3. The highest BCUT2D eigenvalue weighted by Crippen LogP contribution is 2.47. The van der Waals surface area contributed by atoms with E-state index in [2.05, 4.69) is 23.7 Å². The molecule has 0 aliphatic carbocycles. The van der Waals surface area contributed by atoms with Crippen molar-refractivity contribution in [2.45, 2.75) is 55.4 Å². The van der Waals surface area contributed by atoms with E-state index in [0.29, 0.717) is 79.0 Å². The number of aromatic nitrogens is 2. The van der Waals surface area contributed by atoms with E-state index in [4.69, 9.17) is 0 Å². The molecule has 9 rings (SSSR count). The Bertz CT molecular complexity index is 2800. The molecule has 0 saturated carbocycles. The van der Waals surface area contributed by atoms with Crippen LogP contribution in [0.1, 0.15) is 83.9 Å². The van der Waals surface area contributed by atoms with Gasteiger partial charge < -0.3 is 35.2 Å². The standard InChI is InChI=1S/C48H40B2F4N4/c1-29-27-31(3)55-45(29)43(39-15-11-9-12-16-39)47-33(5)41(35(7)57(47)49(55,51)52)25-23-37-19-21-38(22-20-37)24-26-42-34(6)48-44(40-17-13-10-14-18-40)46-30(2)28-32(4)56(46)50(53,54)58(48)36(42)8/h9-22,27-28H,1-8H3. The minimum absolute atomic E-state index is 0.413. The van der Waals surface area contributed by atoms with Gasteiger partial charge in [-0.2, -0.15) is 0 Å². The third-order valence-corrected chi connectivity index (χ3v) is 12.1. The molecule has 0 saturated heterocycles. The predicted octanol–water partition coefficient (Wildman–Crippen LogP) is 10.2. The lowest BCUT2D eigenvalue weighted by Crippen LogP contribution is -2.51. The van der Waals surface area contributed by atoms with Gasteiger partial charge in [0.2, 0.25) is 0 Å². The number of halogens is 4. The van der Waals surface area contributed by atoms with Gasteiger partial charge in [-0.15, -0.1) is 0 Å². The van der Waals surface area contributed by atoms with Crippen molar-refractivity contribution in [2.24, 2.45) is 0 Å². The highest BCUT2D eigenvalue weighted by Gasteiger charge is 2.57. The molecule has 2 aromatic heterocycles. The average Bonchev–Trinajstić information content (AvgIpc) is 3.85. The van der Waals surface area contributed by atoms with Crippen LogP contribution in [0.2, 0.25) is 0 Å². The second kappa shape index (κ2) is 13.0. The van der Waals surface area contributed by atoms with Crippen LogP contribution in [0.15, 0.2) is 131 Å². The van der Waals surface area contributed by atoms with Gasteiger partial charge in [0.1, 0.15) is 11.4 Å². The molecule has 0 amide bonds. The van der Waals surface area contributed by atoms with Gasteiger partial charge >= 0.3 is 13.9 Å². The predicted molar refractivity (Wildman–Crippen MR) is 227 cm³/mol. The summed E-state index contributed by atoms with van der Waals surface area (Å²) in [5.74, 6) is 12.9. The maximum absolute atomic E-state index is 16.6. The van der Waals surface area contributed by atoms with E-state index in [0.717, 1.165) is 33.4 Å². The third-order valence-electron chi connectivity index (χ3n) is 12.1. The van der Waals surface area contributed by atoms with Gasteiger partial charge in [0.25, 0.3) is 0 Å². The van der Waals surface area contributed by atoms with Crippen molar-refractivity contribution >= 4 is 36.5 Å². The summed E-state index contributed by atoms with van der Waals surface area (Å²) in [5, 5.41) is 0. The van der Waals surface area contributed by atoms with Gasteiger partial charge in [0.05, 0.1) is 22.3 Å². The molecule has 286 valence electrons. The molecule has 58 heavy (non-hydrogen) atoms. The van der Waals surface area contributed by atoms with Gasteiger partial charge in [0, 0.05) is 47.5 Å². The molecule has 4 aliphatic rings. The average molecular weight is 770 g/mol. The minimum atomic E-state index is -4.18. The Labute approximate surface area is 336 Å². The van der Waals surface area contributed by atoms with Crippen LogP contribution in [0.25, 0.3) is 11.1 Å². The Kier molecular flexibility index (Phi) is 8.32. The number of rotatable bonds is 2. The maximum atomic E-state index is 16.6. The van der Waals surface area contributed by atoms with Gasteiger partial charge in [-0.1, -0.05) is 84.3 Å². The molecule has 10 heteroatoms. The maximum Gasteiger partial charge on any atom is 0.737 e. The first-order valence-corrected chi connectivity index (χ1v) is 19.5. The number of allylic oxidation sites excluding steroid dienone is 4. The zero-order chi connectivity index (χ0) is 41.0. The van der Waals surface area contributed by atoms with Crippen molar-refractivity contribution in [3.8, 4) is 23.7 Å². The quantitative estimate of drug-likeness (QED) is 0.0966. The summed E-state index contributed by atoms with van der Waals surface area (Å²) in [5.41, 5.74) is 12.7. The molecule has 0 fully saturated rings. The first-order valence-electron chi connectivity index (χ1n) is 19.5. The molecule has 0 unspecified atom stereocenters. The number of fused-ring (bicyclic) bond motifs is 4. The van der Waals surface area contributed by atoms with E-state index in [-0.39, 0.29) is 0 Å². The smallest absolute Gasteiger partial charge is 0.393 e. The monoisotopic (exact) mass is 770 g/mol. The molecule has 5 aromatic rings. The van der Waals surface area contributed by atoms with E-state index in [9.17, 15) is 0 Å². The number of nitrogens with zero attached hydrogens (tertiary/aromatic N) is 4. The third kappa shape index (κ3) is 5.21. The molecular weight excluding hydrogens is 730 g/mol. The van der Waals surface area contributed by atoms with Crippen LogP contribution >= 0.6 is 0 Å². The van der Waals surface area contributed by atoms with E-state index in [1.165, 1.54) is 17.9 Å². The molecule has 4 nitrogen and oxygen atoms in total. The molecule has 4 aliphatic heterocycles. The Morgan fingerprint density at radius 2 is 0.810 bits per heavy atom. The second-order valence-electron chi connectivity index (χ2n) is 15.7. The molecule has 0 atom stereocenters. The zero-order valence-electron chi connectivity index (χ0n) is 33.7. The van der Waals surface area contributed by atoms with Crippen LogP contribution in [0.3, 0.4) is 0 Å². The first-order chi connectivity index (χ1) is 27.6. The van der Waals surface area contributed by atoms with E-state index in [1.807, 2.05) is 125 Å². The minimum Gasteiger partial charge on any atom is -0.393 e. The summed E-state index contributed by atoms with van der Waals surface area (Å²) in [7, 11) is 0. The van der Waals surface area contributed by atoms with Crippen LogP contribution in [0, 0.1) is 51.4 Å². The largest absolute Gasteiger partial charge is 0.737 e. The Morgan fingerprint density at radius 3 is 1.16 bits per heavy atom. The number of aryl methyl sites for hydroxylation is 4. The summed E-state index contributed by atoms with van der Waals surface area (Å²) in [4.78, 5) is 0. The fraction of sp³-hybridized carbons (Fsp3) is 0.167. The molecule has 0 spiro atoms. The van der Waals surface area contributed by atoms with E-state index >= 15 is 17.3 Å². The van der Waals surface area contributed by atoms with Gasteiger partial charge in [-0.25, -0.2) is 0 Å². The number of benzene rings is 3. The van der Waals surface area contributed by atoms with Crippen LogP contribution in [-0.4, -0.2) is 43.3 Å². The normalized spacial score (nSPS) is 17.6. The summed E-state index contributed by atoms with van der Waals surface area (Å²) in [6, 6.07) is 30.4. The van der Waals surface area contributed by atoms with E-state index in [1.54, 1.807) is 27.7 Å². The fourth-order valence-electron chi connectivity index (χ4n) is 9.67. The second-order valence-corrected chi connectivity index (χ2v) is 15.7. The van der Waals surface area contributed by atoms with Crippen LogP contribution in [-0.2, 0) is 0 Å². The lowest BCUT2D eigenvalue weighted by molar-refractivity contribution is -0.364. The molecule has 0 N–H and O–H groups in total. The van der Waals surface area contributed by atoms with Crippen LogP contribution in [0.5, 0.6) is 0 Å². The molecule has 0 radical (unpaired) electrons. The van der Waals surface area contributed by atoms with Crippen molar-refractivity contribution < 1.29 is 26.2 Å². The van der Waals surface area contributed by atoms with Crippen molar-refractivity contribution in [1.29, 1.82) is 0 Å². The molecular formula is C48H40B2F4N4. The Balaban J connectivity index is 1.09. The van der Waals surface area contributed by atoms with Gasteiger partial charge in [-0.3, -0.25) is 0 Å². The van der Waals surface area contributed by atoms with Crippen LogP contribution < -0.4 is 0 Å². The van der Waals surface area contributed by atoms with Gasteiger partial charge in [0.15, 0.2) is 11.4 Å². The molecule has 6 heterocycles. The number of hydrogen-bond acceptors (Lipinski definition) is 0. The lowest BCUT2D eigenvalue weighted by atomic mass is 9.84. The topological polar surface area (TPSA) is 15.9 Å². The van der Waals surface area contributed by atoms with Crippen molar-refractivity contribution in [3.05, 3.63) is 187 Å². The summed E-state index contributed by atoms with van der Waals surface area (Å²) in [6.45, 7) is 6.05. The van der Waals surface area contributed by atoms with Crippen molar-refractivity contribution in [1.82, 2.24) is 8.96 Å². The lowest BCUT2D eigenvalue weighted by Gasteiger charge is -2.34. The van der Waals surface area contributed by atoms with E-state index < -0.39 is 13.9 Å². The summed E-state index contributed by atoms with van der Waals surface area (Å²) < 4.78 is 71.3. The summed E-state index contributed by atoms with van der Waals surface area (Å²) >= 11 is 0. The van der Waals surface area contributed by atoms with Crippen molar-refractivity contribution in [2.75, 3.05) is 0 Å². The van der Waals surface area contributed by atoms with Crippen LogP contribution in [0.4, 0.5) is 17.3 Å². The molecule has 3 aromatic carbocycles. The Morgan fingerprint density at radius 1 is 0.466 bits per heavy atom. The van der Waals surface area contributed by atoms with Gasteiger partial charge in [-0.05, 0) is 112 Å². The number of hydrogen-bond donors (Lipinski definition) is 0. The molecule has 0 bridgehead atoms. The SMILES string of the molecule is CC1=C(C#Cc2ccc(C#CC3=C(C)C4=C(c5ccccc5)c5c(C)cc(C)n5[B-](F)(F)[N+]4=C3C)cc2)C(C)=[N+]2C1=C(c1ccccc1)c1c(C)cc(C)n1[B-]2(F)F.